The maximum Gasteiger partial charge on any atom is 0.124 e. The molecule has 3 nitrogen and oxygen atoms in total. The maximum absolute atomic E-state index is 5.45. The molecule has 0 spiro atoms. The Morgan fingerprint density at radius 2 is 1.94 bits per heavy atom. The van der Waals surface area contributed by atoms with Crippen molar-refractivity contribution in [2.75, 3.05) is 20.2 Å². The SMILES string of the molecule is COc1c(C)cc(CNCCN)c(C)c1C. The number of benzene rings is 1. The summed E-state index contributed by atoms with van der Waals surface area (Å²) in [6.07, 6.45) is 0. The minimum atomic E-state index is 0.674. The molecular weight excluding hydrogens is 200 g/mol. The summed E-state index contributed by atoms with van der Waals surface area (Å²) in [6, 6.07) is 2.19. The number of aryl methyl sites for hydroxylation is 1. The van der Waals surface area contributed by atoms with Crippen LogP contribution in [-0.2, 0) is 6.54 Å². The molecule has 1 rings (SSSR count). The normalized spacial score (nSPS) is 10.6. The van der Waals surface area contributed by atoms with Crippen LogP contribution in [0.5, 0.6) is 5.75 Å². The van der Waals surface area contributed by atoms with Gasteiger partial charge in [0.1, 0.15) is 5.75 Å². The monoisotopic (exact) mass is 222 g/mol. The van der Waals surface area contributed by atoms with E-state index in [9.17, 15) is 0 Å². The average Bonchev–Trinajstić information content (AvgIpc) is 2.26. The Morgan fingerprint density at radius 3 is 2.50 bits per heavy atom. The topological polar surface area (TPSA) is 47.3 Å². The Balaban J connectivity index is 2.94. The van der Waals surface area contributed by atoms with Crippen LogP contribution in [0, 0.1) is 20.8 Å². The average molecular weight is 222 g/mol. The van der Waals surface area contributed by atoms with Gasteiger partial charge >= 0.3 is 0 Å². The van der Waals surface area contributed by atoms with Crippen molar-refractivity contribution in [3.63, 3.8) is 0 Å². The predicted octanol–water partition coefficient (Wildman–Crippen LogP) is 1.67. The van der Waals surface area contributed by atoms with Crippen LogP contribution in [0.1, 0.15) is 22.3 Å². The minimum Gasteiger partial charge on any atom is -0.496 e. The van der Waals surface area contributed by atoms with Crippen LogP contribution in [0.2, 0.25) is 0 Å². The standard InChI is InChI=1S/C13H22N2O/c1-9-7-12(8-15-6-5-14)10(2)11(3)13(9)16-4/h7,15H,5-6,8,14H2,1-4H3. The third-order valence-electron chi connectivity index (χ3n) is 2.97. The first-order valence-corrected chi connectivity index (χ1v) is 5.66. The lowest BCUT2D eigenvalue weighted by atomic mass is 9.98. The first-order chi connectivity index (χ1) is 7.61. The second-order valence-corrected chi connectivity index (χ2v) is 4.10. The van der Waals surface area contributed by atoms with Gasteiger partial charge in [0, 0.05) is 19.6 Å². The van der Waals surface area contributed by atoms with Crippen molar-refractivity contribution in [1.82, 2.24) is 5.32 Å². The molecule has 1 aromatic carbocycles. The molecule has 0 bridgehead atoms. The maximum atomic E-state index is 5.45. The Morgan fingerprint density at radius 1 is 1.25 bits per heavy atom. The third-order valence-corrected chi connectivity index (χ3v) is 2.97. The molecule has 0 atom stereocenters. The number of rotatable bonds is 5. The quantitative estimate of drug-likeness (QED) is 0.745. The second kappa shape index (κ2) is 5.87. The summed E-state index contributed by atoms with van der Waals surface area (Å²) < 4.78 is 5.40. The lowest BCUT2D eigenvalue weighted by molar-refractivity contribution is 0.408. The number of nitrogens with one attached hydrogen (secondary N) is 1. The van der Waals surface area contributed by atoms with Gasteiger partial charge in [0.15, 0.2) is 0 Å². The number of ether oxygens (including phenoxy) is 1. The van der Waals surface area contributed by atoms with Gasteiger partial charge in [-0.15, -0.1) is 0 Å². The third kappa shape index (κ3) is 2.74. The Hall–Kier alpha value is -1.06. The van der Waals surface area contributed by atoms with E-state index in [-0.39, 0.29) is 0 Å². The molecule has 0 fully saturated rings. The molecule has 1 aromatic rings. The summed E-state index contributed by atoms with van der Waals surface area (Å²) in [5.74, 6) is 1.00. The number of methoxy groups -OCH3 is 1. The van der Waals surface area contributed by atoms with E-state index in [1.165, 1.54) is 22.3 Å². The fraction of sp³-hybridized carbons (Fsp3) is 0.538. The molecule has 0 aliphatic heterocycles. The van der Waals surface area contributed by atoms with Gasteiger partial charge < -0.3 is 15.8 Å². The van der Waals surface area contributed by atoms with Crippen LogP contribution >= 0.6 is 0 Å². The Kier molecular flexibility index (Phi) is 4.77. The van der Waals surface area contributed by atoms with Gasteiger partial charge in [0.2, 0.25) is 0 Å². The van der Waals surface area contributed by atoms with E-state index < -0.39 is 0 Å². The van der Waals surface area contributed by atoms with E-state index >= 15 is 0 Å². The molecule has 0 aliphatic rings. The summed E-state index contributed by atoms with van der Waals surface area (Å²) in [6.45, 7) is 8.72. The van der Waals surface area contributed by atoms with Crippen LogP contribution < -0.4 is 15.8 Å². The van der Waals surface area contributed by atoms with Gasteiger partial charge in [-0.1, -0.05) is 6.07 Å². The van der Waals surface area contributed by atoms with Crippen LogP contribution in [0.4, 0.5) is 0 Å². The molecule has 0 saturated carbocycles. The summed E-state index contributed by atoms with van der Waals surface area (Å²) in [5.41, 5.74) is 10.5. The molecule has 16 heavy (non-hydrogen) atoms. The molecule has 0 saturated heterocycles. The van der Waals surface area contributed by atoms with Crippen molar-refractivity contribution in [2.45, 2.75) is 27.3 Å². The molecule has 0 aromatic heterocycles. The van der Waals surface area contributed by atoms with Crippen molar-refractivity contribution in [3.8, 4) is 5.75 Å². The highest BCUT2D eigenvalue weighted by Crippen LogP contribution is 2.28. The van der Waals surface area contributed by atoms with E-state index in [2.05, 4.69) is 32.2 Å². The van der Waals surface area contributed by atoms with E-state index in [1.807, 2.05) is 0 Å². The van der Waals surface area contributed by atoms with E-state index in [0.717, 1.165) is 18.8 Å². The van der Waals surface area contributed by atoms with Gasteiger partial charge in [-0.05, 0) is 43.0 Å². The van der Waals surface area contributed by atoms with Crippen molar-refractivity contribution < 1.29 is 4.74 Å². The Labute approximate surface area is 98.0 Å². The van der Waals surface area contributed by atoms with Crippen LogP contribution in [0.25, 0.3) is 0 Å². The van der Waals surface area contributed by atoms with E-state index in [0.29, 0.717) is 6.54 Å². The largest absolute Gasteiger partial charge is 0.496 e. The summed E-state index contributed by atoms with van der Waals surface area (Å²) in [4.78, 5) is 0. The first kappa shape index (κ1) is 13.0. The highest BCUT2D eigenvalue weighted by atomic mass is 16.5. The smallest absolute Gasteiger partial charge is 0.124 e. The predicted molar refractivity (Wildman–Crippen MR) is 68.0 cm³/mol. The number of nitrogens with two attached hydrogens (primary N) is 1. The van der Waals surface area contributed by atoms with E-state index in [4.69, 9.17) is 10.5 Å². The zero-order valence-corrected chi connectivity index (χ0v) is 10.7. The van der Waals surface area contributed by atoms with Crippen molar-refractivity contribution in [1.29, 1.82) is 0 Å². The highest BCUT2D eigenvalue weighted by molar-refractivity contribution is 5.48. The van der Waals surface area contributed by atoms with Crippen LogP contribution in [0.15, 0.2) is 6.07 Å². The van der Waals surface area contributed by atoms with Crippen molar-refractivity contribution in [3.05, 3.63) is 28.3 Å². The molecule has 0 aliphatic carbocycles. The fourth-order valence-corrected chi connectivity index (χ4v) is 1.96. The van der Waals surface area contributed by atoms with Crippen LogP contribution in [0.3, 0.4) is 0 Å². The minimum absolute atomic E-state index is 0.674. The molecule has 3 N–H and O–H groups in total. The van der Waals surface area contributed by atoms with Gasteiger partial charge in [-0.25, -0.2) is 0 Å². The molecule has 0 amide bonds. The molecule has 90 valence electrons. The zero-order valence-electron chi connectivity index (χ0n) is 10.7. The van der Waals surface area contributed by atoms with E-state index in [1.54, 1.807) is 7.11 Å². The fourth-order valence-electron chi connectivity index (χ4n) is 1.96. The molecule has 0 radical (unpaired) electrons. The van der Waals surface area contributed by atoms with Gasteiger partial charge in [-0.2, -0.15) is 0 Å². The van der Waals surface area contributed by atoms with Crippen molar-refractivity contribution in [2.24, 2.45) is 5.73 Å². The lowest BCUT2D eigenvalue weighted by Gasteiger charge is -2.16. The molecular formula is C13H22N2O. The second-order valence-electron chi connectivity index (χ2n) is 4.10. The van der Waals surface area contributed by atoms with Crippen LogP contribution in [-0.4, -0.2) is 20.2 Å². The van der Waals surface area contributed by atoms with Gasteiger partial charge in [0.05, 0.1) is 7.11 Å². The number of hydrogen-bond donors (Lipinski definition) is 2. The zero-order chi connectivity index (χ0) is 12.1. The summed E-state index contributed by atoms with van der Waals surface area (Å²) in [5, 5.41) is 3.32. The summed E-state index contributed by atoms with van der Waals surface area (Å²) >= 11 is 0. The van der Waals surface area contributed by atoms with Gasteiger partial charge in [-0.3, -0.25) is 0 Å². The summed E-state index contributed by atoms with van der Waals surface area (Å²) in [7, 11) is 1.72. The first-order valence-electron chi connectivity index (χ1n) is 5.66. The molecule has 0 heterocycles. The number of hydrogen-bond acceptors (Lipinski definition) is 3. The van der Waals surface area contributed by atoms with Gasteiger partial charge in [0.25, 0.3) is 0 Å². The van der Waals surface area contributed by atoms with Crippen molar-refractivity contribution >= 4 is 0 Å². The lowest BCUT2D eigenvalue weighted by Crippen LogP contribution is -2.22. The Bertz CT molecular complexity index is 361. The molecule has 3 heteroatoms. The molecule has 0 unspecified atom stereocenters. The highest BCUT2D eigenvalue weighted by Gasteiger charge is 2.09.